The minimum absolute atomic E-state index is 0. The van der Waals surface area contributed by atoms with E-state index in [-0.39, 0.29) is 71.2 Å². The van der Waals surface area contributed by atoms with Gasteiger partial charge in [0.1, 0.15) is 25.8 Å². The monoisotopic (exact) mass is 458 g/mol. The molecule has 0 heterocycles. The van der Waals surface area contributed by atoms with Crippen molar-refractivity contribution in [2.75, 3.05) is 40.6 Å². The zero-order valence-electron chi connectivity index (χ0n) is 17.3. The maximum atomic E-state index is 10.9. The summed E-state index contributed by atoms with van der Waals surface area (Å²) in [6, 6.07) is 9.78. The van der Waals surface area contributed by atoms with Crippen LogP contribution >= 0.6 is 0 Å². The summed E-state index contributed by atoms with van der Waals surface area (Å²) in [5, 5.41) is 0. The van der Waals surface area contributed by atoms with Crippen molar-refractivity contribution in [3.63, 3.8) is 0 Å². The molecular weight excluding hydrogens is 431 g/mol. The molecule has 0 saturated heterocycles. The first-order chi connectivity index (χ1) is 14.6. The molecule has 0 aliphatic rings. The van der Waals surface area contributed by atoms with E-state index < -0.39 is 6.29 Å². The van der Waals surface area contributed by atoms with Gasteiger partial charge in [0, 0.05) is 17.7 Å². The Bertz CT molecular complexity index is 827. The number of carbonyl (C=O) groups excluding carboxylic acids is 2. The number of aldehydes is 2. The SMILES string of the molecule is CCOC(COCCOc1ccc(C=O)cc1OC)Oc1ccc(C=O)cc1OC.[KH]. The molecule has 31 heavy (non-hydrogen) atoms. The second-order valence-corrected chi connectivity index (χ2v) is 5.98. The molecule has 2 rings (SSSR count). The summed E-state index contributed by atoms with van der Waals surface area (Å²) < 4.78 is 33.1. The second-order valence-electron chi connectivity index (χ2n) is 5.98. The molecule has 2 aromatic carbocycles. The van der Waals surface area contributed by atoms with Crippen molar-refractivity contribution in [3.8, 4) is 23.0 Å². The summed E-state index contributed by atoms with van der Waals surface area (Å²) in [6.45, 7) is 3.00. The van der Waals surface area contributed by atoms with Gasteiger partial charge in [-0.25, -0.2) is 0 Å². The van der Waals surface area contributed by atoms with E-state index in [1.54, 1.807) is 36.4 Å². The van der Waals surface area contributed by atoms with Crippen LogP contribution in [0.3, 0.4) is 0 Å². The van der Waals surface area contributed by atoms with Crippen LogP contribution in [-0.2, 0) is 9.47 Å². The number of ether oxygens (including phenoxy) is 6. The first-order valence-corrected chi connectivity index (χ1v) is 9.40. The van der Waals surface area contributed by atoms with Crippen molar-refractivity contribution < 1.29 is 38.0 Å². The molecule has 0 spiro atoms. The second kappa shape index (κ2) is 15.4. The maximum absolute atomic E-state index is 10.9. The molecule has 8 nitrogen and oxygen atoms in total. The fourth-order valence-corrected chi connectivity index (χ4v) is 2.57. The Labute approximate surface area is 224 Å². The van der Waals surface area contributed by atoms with Crippen LogP contribution in [0.25, 0.3) is 0 Å². The van der Waals surface area contributed by atoms with Gasteiger partial charge < -0.3 is 28.4 Å². The van der Waals surface area contributed by atoms with Gasteiger partial charge in [0.25, 0.3) is 0 Å². The molecule has 1 atom stereocenters. The third-order valence-corrected chi connectivity index (χ3v) is 4.00. The van der Waals surface area contributed by atoms with Gasteiger partial charge in [0.15, 0.2) is 23.0 Å². The molecule has 0 amide bonds. The zero-order valence-corrected chi connectivity index (χ0v) is 17.3. The van der Waals surface area contributed by atoms with Crippen molar-refractivity contribution in [2.24, 2.45) is 0 Å². The average molecular weight is 459 g/mol. The van der Waals surface area contributed by atoms with E-state index in [9.17, 15) is 9.59 Å². The van der Waals surface area contributed by atoms with Crippen LogP contribution in [0.15, 0.2) is 36.4 Å². The molecule has 0 aliphatic carbocycles. The van der Waals surface area contributed by atoms with Gasteiger partial charge in [-0.1, -0.05) is 0 Å². The Morgan fingerprint density at radius 3 is 1.97 bits per heavy atom. The van der Waals surface area contributed by atoms with Gasteiger partial charge in [-0.2, -0.15) is 0 Å². The summed E-state index contributed by atoms with van der Waals surface area (Å²) in [5.41, 5.74) is 0.987. The predicted molar refractivity (Wildman–Crippen MR) is 116 cm³/mol. The van der Waals surface area contributed by atoms with E-state index in [2.05, 4.69) is 0 Å². The first-order valence-electron chi connectivity index (χ1n) is 9.40. The molecule has 0 aliphatic heterocycles. The van der Waals surface area contributed by atoms with E-state index in [0.717, 1.165) is 12.6 Å². The Hall–Kier alpha value is -1.46. The standard InChI is InChI=1S/C22H26O8.K.H/c1-4-28-22(30-19-8-6-17(14-24)12-21(19)26-3)15-27-9-10-29-18-7-5-16(13-23)11-20(18)25-2;;/h5-8,11-14,22H,4,9-10,15H2,1-3H3;;. The van der Waals surface area contributed by atoms with Crippen molar-refractivity contribution >= 4 is 64.0 Å². The predicted octanol–water partition coefficient (Wildman–Crippen LogP) is 2.52. The third kappa shape index (κ3) is 8.89. The molecule has 0 aromatic heterocycles. The van der Waals surface area contributed by atoms with E-state index in [1.807, 2.05) is 6.92 Å². The van der Waals surface area contributed by atoms with Gasteiger partial charge >= 0.3 is 51.4 Å². The van der Waals surface area contributed by atoms with Gasteiger partial charge in [-0.05, 0) is 43.3 Å². The van der Waals surface area contributed by atoms with E-state index in [0.29, 0.717) is 40.7 Å². The number of hydrogen-bond acceptors (Lipinski definition) is 8. The molecule has 0 bridgehead atoms. The molecule has 9 heteroatoms. The minimum atomic E-state index is -0.660. The molecular formula is C22H27KO8. The van der Waals surface area contributed by atoms with Crippen LogP contribution < -0.4 is 18.9 Å². The van der Waals surface area contributed by atoms with Crippen LogP contribution in [0.4, 0.5) is 0 Å². The van der Waals surface area contributed by atoms with E-state index in [4.69, 9.17) is 28.4 Å². The number of benzene rings is 2. The van der Waals surface area contributed by atoms with Crippen LogP contribution in [0.5, 0.6) is 23.0 Å². The molecule has 1 unspecified atom stereocenters. The van der Waals surface area contributed by atoms with Crippen LogP contribution in [0.2, 0.25) is 0 Å². The number of hydrogen-bond donors (Lipinski definition) is 0. The molecule has 0 radical (unpaired) electrons. The normalized spacial score (nSPS) is 11.1. The fraction of sp³-hybridized carbons (Fsp3) is 0.364. The summed E-state index contributed by atoms with van der Waals surface area (Å²) in [6.07, 6.45) is 0.814. The molecule has 0 N–H and O–H groups in total. The van der Waals surface area contributed by atoms with Crippen molar-refractivity contribution in [2.45, 2.75) is 13.2 Å². The summed E-state index contributed by atoms with van der Waals surface area (Å²) in [5.74, 6) is 1.87. The van der Waals surface area contributed by atoms with Gasteiger partial charge in [0.05, 0.1) is 20.8 Å². The number of carbonyl (C=O) groups is 2. The van der Waals surface area contributed by atoms with Gasteiger partial charge in [-0.3, -0.25) is 9.59 Å². The summed E-state index contributed by atoms with van der Waals surface area (Å²) in [4.78, 5) is 21.8. The summed E-state index contributed by atoms with van der Waals surface area (Å²) >= 11 is 0. The molecule has 0 fully saturated rings. The third-order valence-electron chi connectivity index (χ3n) is 4.00. The Morgan fingerprint density at radius 2 is 1.42 bits per heavy atom. The van der Waals surface area contributed by atoms with Crippen LogP contribution in [-0.4, -0.2) is 111 Å². The molecule has 0 saturated carbocycles. The van der Waals surface area contributed by atoms with Crippen molar-refractivity contribution in [1.29, 1.82) is 0 Å². The Morgan fingerprint density at radius 1 is 0.839 bits per heavy atom. The number of methoxy groups -OCH3 is 2. The topological polar surface area (TPSA) is 89.5 Å². The number of rotatable bonds is 14. The van der Waals surface area contributed by atoms with E-state index >= 15 is 0 Å². The van der Waals surface area contributed by atoms with Crippen molar-refractivity contribution in [1.82, 2.24) is 0 Å². The Kier molecular flexibility index (Phi) is 13.7. The molecule has 164 valence electrons. The zero-order chi connectivity index (χ0) is 21.8. The van der Waals surface area contributed by atoms with Gasteiger partial charge in [-0.15, -0.1) is 0 Å². The van der Waals surface area contributed by atoms with E-state index in [1.165, 1.54) is 14.2 Å². The first kappa shape index (κ1) is 27.6. The van der Waals surface area contributed by atoms with Crippen molar-refractivity contribution in [3.05, 3.63) is 47.5 Å². The van der Waals surface area contributed by atoms with Gasteiger partial charge in [0.2, 0.25) is 6.29 Å². The Balaban J connectivity index is 0.00000480. The quantitative estimate of drug-likeness (QED) is 0.185. The fourth-order valence-electron chi connectivity index (χ4n) is 2.57. The molecule has 2 aromatic rings. The average Bonchev–Trinajstić information content (AvgIpc) is 2.79. The van der Waals surface area contributed by atoms with Crippen LogP contribution in [0, 0.1) is 0 Å². The van der Waals surface area contributed by atoms with Crippen LogP contribution in [0.1, 0.15) is 27.6 Å². The summed E-state index contributed by atoms with van der Waals surface area (Å²) in [7, 11) is 3.00.